The van der Waals surface area contributed by atoms with E-state index in [9.17, 15) is 31.5 Å². The summed E-state index contributed by atoms with van der Waals surface area (Å²) in [6.45, 7) is 3.00. The van der Waals surface area contributed by atoms with E-state index < -0.39 is 53.7 Å². The second-order valence-corrected chi connectivity index (χ2v) is 7.01. The van der Waals surface area contributed by atoms with Gasteiger partial charge in [0.25, 0.3) is 5.25 Å². The van der Waals surface area contributed by atoms with Crippen molar-refractivity contribution in [1.82, 2.24) is 5.32 Å². The van der Waals surface area contributed by atoms with Crippen molar-refractivity contribution in [2.45, 2.75) is 68.7 Å². The lowest BCUT2D eigenvalue weighted by Crippen LogP contribution is -2.63. The topological polar surface area (TPSA) is 64.6 Å². The van der Waals surface area contributed by atoms with Crippen LogP contribution >= 0.6 is 12.6 Å². The lowest BCUT2D eigenvalue weighted by molar-refractivity contribution is -0.348. The molecule has 1 N–H and O–H groups in total. The fraction of sp³-hybridized carbons (Fsp3) is 0.750. The van der Waals surface area contributed by atoms with Crippen LogP contribution in [0.25, 0.3) is 0 Å². The van der Waals surface area contributed by atoms with Crippen molar-refractivity contribution in [3.05, 3.63) is 12.2 Å². The molecule has 1 aliphatic rings. The lowest BCUT2D eigenvalue weighted by Gasteiger charge is -2.35. The van der Waals surface area contributed by atoms with Crippen LogP contribution in [-0.4, -0.2) is 41.7 Å². The van der Waals surface area contributed by atoms with Crippen LogP contribution in [0.3, 0.4) is 0 Å². The molecular formula is C16H22F5NO4S. The maximum absolute atomic E-state index is 13.7. The Morgan fingerprint density at radius 3 is 2.15 bits per heavy atom. The number of amides is 1. The molecular weight excluding hydrogens is 397 g/mol. The van der Waals surface area contributed by atoms with Gasteiger partial charge in [0, 0.05) is 18.0 Å². The average Bonchev–Trinajstić information content (AvgIpc) is 2.52. The van der Waals surface area contributed by atoms with E-state index in [1.165, 1.54) is 0 Å². The number of rotatable bonds is 8. The molecule has 0 spiro atoms. The summed E-state index contributed by atoms with van der Waals surface area (Å²) in [5.41, 5.74) is -0.419. The smallest absolute Gasteiger partial charge is 0.412 e. The van der Waals surface area contributed by atoms with E-state index in [0.29, 0.717) is 25.7 Å². The molecule has 1 atom stereocenters. The minimum atomic E-state index is -5.51. The van der Waals surface area contributed by atoms with Crippen molar-refractivity contribution in [3.63, 3.8) is 0 Å². The van der Waals surface area contributed by atoms with E-state index in [-0.39, 0.29) is 0 Å². The number of hydrogen-bond donors (Lipinski definition) is 2. The Morgan fingerprint density at radius 2 is 1.70 bits per heavy atom. The quantitative estimate of drug-likeness (QED) is 0.207. The van der Waals surface area contributed by atoms with Crippen LogP contribution in [0.2, 0.25) is 0 Å². The van der Waals surface area contributed by atoms with Gasteiger partial charge in [-0.25, -0.2) is 4.79 Å². The molecule has 0 aromatic carbocycles. The third kappa shape index (κ3) is 6.95. The number of hydrogen-bond acceptors (Lipinski definition) is 5. The number of carbonyl (C=O) groups excluding carboxylic acids is 2. The van der Waals surface area contributed by atoms with Crippen LogP contribution in [0, 0.1) is 0 Å². The highest BCUT2D eigenvalue weighted by Crippen LogP contribution is 2.37. The summed E-state index contributed by atoms with van der Waals surface area (Å²) in [4.78, 5) is 24.1. The molecule has 0 heterocycles. The monoisotopic (exact) mass is 419 g/mol. The normalized spacial score (nSPS) is 18.5. The summed E-state index contributed by atoms with van der Waals surface area (Å²) in [5, 5.41) is -1.47. The first-order chi connectivity index (χ1) is 12.3. The molecule has 1 rings (SSSR count). The largest absolute Gasteiger partial charge is 0.466 e. The number of halogens is 5. The highest BCUT2D eigenvalue weighted by molar-refractivity contribution is 7.81. The van der Waals surface area contributed by atoms with Crippen LogP contribution in [0.4, 0.5) is 22.0 Å². The number of ether oxygens (including phenoxy) is 2. The Labute approximate surface area is 159 Å². The third-order valence-corrected chi connectivity index (χ3v) is 4.13. The van der Waals surface area contributed by atoms with E-state index >= 15 is 0 Å². The Morgan fingerprint density at radius 1 is 1.15 bits per heavy atom. The summed E-state index contributed by atoms with van der Waals surface area (Å²) in [7, 11) is 0. The minimum absolute atomic E-state index is 0.419. The van der Waals surface area contributed by atoms with Crippen molar-refractivity contribution >= 4 is 24.5 Å². The second-order valence-electron chi connectivity index (χ2n) is 6.36. The maximum Gasteiger partial charge on any atom is 0.466 e. The van der Waals surface area contributed by atoms with Crippen molar-refractivity contribution in [3.8, 4) is 0 Å². The molecule has 1 amide bonds. The van der Waals surface area contributed by atoms with Crippen molar-refractivity contribution in [2.24, 2.45) is 0 Å². The second kappa shape index (κ2) is 9.22. The molecule has 0 aromatic rings. The van der Waals surface area contributed by atoms with Gasteiger partial charge in [-0.15, -0.1) is 12.6 Å². The van der Waals surface area contributed by atoms with Crippen molar-refractivity contribution in [1.29, 1.82) is 0 Å². The van der Waals surface area contributed by atoms with Crippen LogP contribution in [-0.2, 0) is 19.1 Å². The van der Waals surface area contributed by atoms with E-state index in [1.54, 1.807) is 0 Å². The highest BCUT2D eigenvalue weighted by Gasteiger charge is 2.66. The molecule has 0 aromatic heterocycles. The Kier molecular flexibility index (Phi) is 8.09. The molecule has 1 fully saturated rings. The molecule has 0 aliphatic heterocycles. The summed E-state index contributed by atoms with van der Waals surface area (Å²) in [6.07, 6.45) is -3.54. The van der Waals surface area contributed by atoms with Crippen LogP contribution in [0.1, 0.15) is 45.4 Å². The molecule has 156 valence electrons. The van der Waals surface area contributed by atoms with Crippen molar-refractivity contribution in [2.75, 3.05) is 6.61 Å². The zero-order valence-electron chi connectivity index (χ0n) is 14.7. The Balaban J connectivity index is 3.12. The van der Waals surface area contributed by atoms with Crippen LogP contribution in [0.5, 0.6) is 0 Å². The third-order valence-electron chi connectivity index (χ3n) is 3.91. The van der Waals surface area contributed by atoms with Gasteiger partial charge in [0.2, 0.25) is 0 Å². The Bertz CT molecular complexity index is 558. The molecule has 1 aliphatic carbocycles. The molecule has 1 unspecified atom stereocenters. The molecule has 11 heteroatoms. The number of carbonyl (C=O) groups is 2. The average molecular weight is 419 g/mol. The van der Waals surface area contributed by atoms with E-state index in [1.807, 2.05) is 0 Å². The van der Waals surface area contributed by atoms with Gasteiger partial charge in [0.15, 0.2) is 0 Å². The zero-order valence-corrected chi connectivity index (χ0v) is 15.6. The van der Waals surface area contributed by atoms with Gasteiger partial charge in [-0.1, -0.05) is 25.8 Å². The van der Waals surface area contributed by atoms with Gasteiger partial charge in [0.05, 0.1) is 6.61 Å². The Hall–Kier alpha value is -1.36. The summed E-state index contributed by atoms with van der Waals surface area (Å²) >= 11 is 2.90. The van der Waals surface area contributed by atoms with Gasteiger partial charge < -0.3 is 14.8 Å². The summed E-state index contributed by atoms with van der Waals surface area (Å²) in [6, 6.07) is -0.563. The van der Waals surface area contributed by atoms with Gasteiger partial charge in [-0.3, -0.25) is 4.79 Å². The highest BCUT2D eigenvalue weighted by atomic mass is 32.1. The first kappa shape index (κ1) is 23.7. The zero-order chi connectivity index (χ0) is 20.9. The SMILES string of the molecule is C=C(C)C(=O)OC(OCCC(F)(F)S)(C(=O)NC1CCCCC1)C(F)(F)F. The number of alkyl halides is 5. The summed E-state index contributed by atoms with van der Waals surface area (Å²) in [5.74, 6) is -7.36. The standard InChI is InChI=1S/C16H22F5NO4S/c1-10(2)12(23)26-15(16(19,20)21,25-9-8-14(17,18)27)13(24)22-11-6-4-3-5-7-11/h11,27H,1,3-9H2,2H3,(H,22,24). The van der Waals surface area contributed by atoms with Crippen LogP contribution in [0.15, 0.2) is 12.2 Å². The molecule has 0 saturated heterocycles. The summed E-state index contributed by atoms with van der Waals surface area (Å²) < 4.78 is 75.6. The first-order valence-electron chi connectivity index (χ1n) is 8.29. The van der Waals surface area contributed by atoms with Gasteiger partial charge in [-0.05, 0) is 19.8 Å². The lowest BCUT2D eigenvalue weighted by atomic mass is 9.95. The maximum atomic E-state index is 13.7. The van der Waals surface area contributed by atoms with Gasteiger partial charge >= 0.3 is 23.8 Å². The fourth-order valence-corrected chi connectivity index (χ4v) is 2.56. The minimum Gasteiger partial charge on any atom is -0.412 e. The molecule has 0 radical (unpaired) electrons. The van der Waals surface area contributed by atoms with E-state index in [2.05, 4.69) is 34.0 Å². The van der Waals surface area contributed by atoms with E-state index in [0.717, 1.165) is 13.3 Å². The number of esters is 1. The fourth-order valence-electron chi connectivity index (χ4n) is 2.47. The molecule has 1 saturated carbocycles. The molecule has 0 bridgehead atoms. The predicted octanol–water partition coefficient (Wildman–Crippen LogP) is 3.74. The van der Waals surface area contributed by atoms with Crippen LogP contribution < -0.4 is 5.32 Å². The molecule has 27 heavy (non-hydrogen) atoms. The molecule has 5 nitrogen and oxygen atoms in total. The predicted molar refractivity (Wildman–Crippen MR) is 89.2 cm³/mol. The van der Waals surface area contributed by atoms with Gasteiger partial charge in [0.1, 0.15) is 0 Å². The number of thiol groups is 1. The van der Waals surface area contributed by atoms with Gasteiger partial charge in [-0.2, -0.15) is 22.0 Å². The van der Waals surface area contributed by atoms with Crippen molar-refractivity contribution < 1.29 is 41.0 Å². The number of nitrogens with one attached hydrogen (secondary N) is 1. The first-order valence-corrected chi connectivity index (χ1v) is 8.74. The van der Waals surface area contributed by atoms with E-state index in [4.69, 9.17) is 0 Å².